The molecule has 0 unspecified atom stereocenters. The summed E-state index contributed by atoms with van der Waals surface area (Å²) in [4.78, 5) is 11.9. The van der Waals surface area contributed by atoms with Crippen molar-refractivity contribution in [3.05, 3.63) is 58.6 Å². The van der Waals surface area contributed by atoms with Crippen molar-refractivity contribution in [2.45, 2.75) is 13.0 Å². The first kappa shape index (κ1) is 15.5. The zero-order valence-corrected chi connectivity index (χ0v) is 13.3. The van der Waals surface area contributed by atoms with E-state index < -0.39 is 0 Å². The van der Waals surface area contributed by atoms with E-state index in [1.165, 1.54) is 0 Å². The van der Waals surface area contributed by atoms with Crippen molar-refractivity contribution >= 4 is 27.5 Å². The van der Waals surface area contributed by atoms with E-state index in [4.69, 9.17) is 10.5 Å². The highest BCUT2D eigenvalue weighted by Crippen LogP contribution is 2.23. The van der Waals surface area contributed by atoms with Crippen LogP contribution in [0.4, 0.5) is 5.69 Å². The Kier molecular flexibility index (Phi) is 5.36. The largest absolute Gasteiger partial charge is 0.483 e. The van der Waals surface area contributed by atoms with Crippen LogP contribution in [-0.2, 0) is 4.79 Å². The lowest BCUT2D eigenvalue weighted by atomic mass is 10.1. The van der Waals surface area contributed by atoms with Gasteiger partial charge >= 0.3 is 0 Å². The summed E-state index contributed by atoms with van der Waals surface area (Å²) in [7, 11) is 0. The predicted octanol–water partition coefficient (Wildman–Crippen LogP) is 3.49. The van der Waals surface area contributed by atoms with Crippen LogP contribution >= 0.6 is 15.9 Å². The normalized spacial score (nSPS) is 11.8. The molecule has 110 valence electrons. The van der Waals surface area contributed by atoms with Crippen LogP contribution in [0.15, 0.2) is 53.0 Å². The van der Waals surface area contributed by atoms with Gasteiger partial charge in [0.1, 0.15) is 5.75 Å². The molecule has 21 heavy (non-hydrogen) atoms. The molecule has 4 nitrogen and oxygen atoms in total. The summed E-state index contributed by atoms with van der Waals surface area (Å²) in [5.41, 5.74) is 7.48. The van der Waals surface area contributed by atoms with Crippen LogP contribution in [0.5, 0.6) is 5.75 Å². The van der Waals surface area contributed by atoms with E-state index in [0.717, 1.165) is 15.7 Å². The number of halogens is 1. The van der Waals surface area contributed by atoms with E-state index in [2.05, 4.69) is 21.2 Å². The van der Waals surface area contributed by atoms with Crippen molar-refractivity contribution in [3.8, 4) is 5.75 Å². The molecule has 2 rings (SSSR count). The third kappa shape index (κ3) is 4.58. The lowest BCUT2D eigenvalue weighted by Crippen LogP contribution is -2.21. The quantitative estimate of drug-likeness (QED) is 0.869. The molecule has 0 spiro atoms. The van der Waals surface area contributed by atoms with Crippen LogP contribution in [0.3, 0.4) is 0 Å². The molecule has 0 saturated carbocycles. The van der Waals surface area contributed by atoms with Crippen LogP contribution in [0, 0.1) is 0 Å². The summed E-state index contributed by atoms with van der Waals surface area (Å²) in [5, 5.41) is 2.78. The lowest BCUT2D eigenvalue weighted by molar-refractivity contribution is -0.118. The molecule has 0 bridgehead atoms. The van der Waals surface area contributed by atoms with Gasteiger partial charge in [0, 0.05) is 21.8 Å². The van der Waals surface area contributed by atoms with Crippen molar-refractivity contribution in [3.63, 3.8) is 0 Å². The minimum atomic E-state index is -0.215. The number of nitrogens with two attached hydrogens (primary N) is 1. The first-order valence-electron chi connectivity index (χ1n) is 6.59. The Labute approximate surface area is 132 Å². The van der Waals surface area contributed by atoms with Gasteiger partial charge in [-0.25, -0.2) is 0 Å². The van der Waals surface area contributed by atoms with Crippen molar-refractivity contribution in [1.29, 1.82) is 0 Å². The molecule has 0 aliphatic heterocycles. The number of carbonyl (C=O) groups excluding carboxylic acids is 1. The topological polar surface area (TPSA) is 64.3 Å². The van der Waals surface area contributed by atoms with E-state index in [0.29, 0.717) is 5.75 Å². The summed E-state index contributed by atoms with van der Waals surface area (Å²) >= 11 is 3.36. The summed E-state index contributed by atoms with van der Waals surface area (Å²) in [5.74, 6) is 0.421. The SMILES string of the molecule is C[C@H](N)c1ccccc1OCC(=O)Nc1cccc(Br)c1. The minimum absolute atomic E-state index is 0.0593. The fraction of sp³-hybridized carbons (Fsp3) is 0.188. The Bertz CT molecular complexity index is 629. The monoisotopic (exact) mass is 348 g/mol. The van der Waals surface area contributed by atoms with E-state index in [9.17, 15) is 4.79 Å². The third-order valence-electron chi connectivity index (χ3n) is 2.88. The van der Waals surface area contributed by atoms with Crippen LogP contribution in [0.25, 0.3) is 0 Å². The lowest BCUT2D eigenvalue weighted by Gasteiger charge is -2.13. The molecule has 0 aliphatic rings. The van der Waals surface area contributed by atoms with Gasteiger partial charge in [0.05, 0.1) is 0 Å². The molecule has 3 N–H and O–H groups in total. The van der Waals surface area contributed by atoms with Gasteiger partial charge in [0.15, 0.2) is 6.61 Å². The highest BCUT2D eigenvalue weighted by molar-refractivity contribution is 9.10. The minimum Gasteiger partial charge on any atom is -0.483 e. The summed E-state index contributed by atoms with van der Waals surface area (Å²) in [6, 6.07) is 14.7. The van der Waals surface area contributed by atoms with Crippen LogP contribution in [0.2, 0.25) is 0 Å². The fourth-order valence-electron chi connectivity index (χ4n) is 1.89. The third-order valence-corrected chi connectivity index (χ3v) is 3.37. The van der Waals surface area contributed by atoms with Gasteiger partial charge in [-0.3, -0.25) is 4.79 Å². The van der Waals surface area contributed by atoms with Gasteiger partial charge < -0.3 is 15.8 Å². The molecule has 0 aromatic heterocycles. The Morgan fingerprint density at radius 2 is 2.05 bits per heavy atom. The van der Waals surface area contributed by atoms with Gasteiger partial charge in [0.2, 0.25) is 0 Å². The molecule has 0 aliphatic carbocycles. The first-order chi connectivity index (χ1) is 10.1. The number of nitrogens with one attached hydrogen (secondary N) is 1. The molecule has 0 heterocycles. The first-order valence-corrected chi connectivity index (χ1v) is 7.38. The molecule has 2 aromatic carbocycles. The number of ether oxygens (including phenoxy) is 1. The second kappa shape index (κ2) is 7.24. The Balaban J connectivity index is 1.95. The molecule has 0 saturated heterocycles. The molecular weight excluding hydrogens is 332 g/mol. The maximum absolute atomic E-state index is 11.9. The van der Waals surface area contributed by atoms with Crippen molar-refractivity contribution in [2.24, 2.45) is 5.73 Å². The molecule has 0 radical (unpaired) electrons. The number of carbonyl (C=O) groups is 1. The number of amides is 1. The zero-order chi connectivity index (χ0) is 15.2. The van der Waals surface area contributed by atoms with Gasteiger partial charge in [-0.15, -0.1) is 0 Å². The molecule has 1 amide bonds. The van der Waals surface area contributed by atoms with Gasteiger partial charge in [-0.1, -0.05) is 40.2 Å². The van der Waals surface area contributed by atoms with Crippen LogP contribution in [0.1, 0.15) is 18.5 Å². The van der Waals surface area contributed by atoms with Gasteiger partial charge in [-0.05, 0) is 31.2 Å². The summed E-state index contributed by atoms with van der Waals surface area (Å²) in [6.45, 7) is 1.82. The van der Waals surface area contributed by atoms with E-state index in [1.807, 2.05) is 55.5 Å². The highest BCUT2D eigenvalue weighted by Gasteiger charge is 2.09. The van der Waals surface area contributed by atoms with Crippen molar-refractivity contribution in [1.82, 2.24) is 0 Å². The van der Waals surface area contributed by atoms with Gasteiger partial charge in [0.25, 0.3) is 5.91 Å². The average molecular weight is 349 g/mol. The molecule has 5 heteroatoms. The number of benzene rings is 2. The fourth-order valence-corrected chi connectivity index (χ4v) is 2.29. The molecule has 1 atom stereocenters. The summed E-state index contributed by atoms with van der Waals surface area (Å²) < 4.78 is 6.46. The predicted molar refractivity (Wildman–Crippen MR) is 87.3 cm³/mol. The average Bonchev–Trinajstić information content (AvgIpc) is 2.45. The standard InChI is InChI=1S/C16H17BrN2O2/c1-11(18)14-7-2-3-8-15(14)21-10-16(20)19-13-6-4-5-12(17)9-13/h2-9,11H,10,18H2,1H3,(H,19,20)/t11-/m0/s1. The maximum atomic E-state index is 11.9. The second-order valence-corrected chi connectivity index (χ2v) is 5.59. The number of hydrogen-bond acceptors (Lipinski definition) is 3. The number of para-hydroxylation sites is 1. The summed E-state index contributed by atoms with van der Waals surface area (Å²) in [6.07, 6.45) is 0. The van der Waals surface area contributed by atoms with Crippen LogP contribution < -0.4 is 15.8 Å². The van der Waals surface area contributed by atoms with E-state index in [1.54, 1.807) is 0 Å². The molecular formula is C16H17BrN2O2. The number of anilines is 1. The van der Waals surface area contributed by atoms with E-state index in [-0.39, 0.29) is 18.6 Å². The maximum Gasteiger partial charge on any atom is 0.262 e. The number of hydrogen-bond donors (Lipinski definition) is 2. The Morgan fingerprint density at radius 1 is 1.29 bits per heavy atom. The van der Waals surface area contributed by atoms with E-state index >= 15 is 0 Å². The van der Waals surface area contributed by atoms with Crippen LogP contribution in [-0.4, -0.2) is 12.5 Å². The Morgan fingerprint density at radius 3 is 2.76 bits per heavy atom. The Hall–Kier alpha value is -1.85. The smallest absolute Gasteiger partial charge is 0.262 e. The highest BCUT2D eigenvalue weighted by atomic mass is 79.9. The molecule has 0 fully saturated rings. The zero-order valence-electron chi connectivity index (χ0n) is 11.7. The second-order valence-electron chi connectivity index (χ2n) is 4.67. The number of rotatable bonds is 5. The van der Waals surface area contributed by atoms with Crippen molar-refractivity contribution < 1.29 is 9.53 Å². The van der Waals surface area contributed by atoms with Crippen molar-refractivity contribution in [2.75, 3.05) is 11.9 Å². The van der Waals surface area contributed by atoms with Gasteiger partial charge in [-0.2, -0.15) is 0 Å². The molecule has 2 aromatic rings.